The molecule has 2 aliphatic rings. The van der Waals surface area contributed by atoms with E-state index in [-0.39, 0.29) is 11.9 Å². The maximum Gasteiger partial charge on any atom is 0.490 e. The largest absolute Gasteiger partial charge is 0.490 e. The third kappa shape index (κ3) is 10.7. The summed E-state index contributed by atoms with van der Waals surface area (Å²) in [4.78, 5) is 48.3. The highest BCUT2D eigenvalue weighted by Crippen LogP contribution is 2.21. The molecule has 222 valence electrons. The number of hydrogen-bond acceptors (Lipinski definition) is 7. The number of carboxylic acid groups (broad SMARTS) is 3. The topological polar surface area (TPSA) is 162 Å². The number of nitrogens with zero attached hydrogens (tertiary/aromatic N) is 4. The lowest BCUT2D eigenvalue weighted by Gasteiger charge is -2.41. The first-order chi connectivity index (χ1) is 18.4. The highest BCUT2D eigenvalue weighted by atomic mass is 19.4. The number of likely N-dealkylation sites (N-methyl/N-ethyl adjacent to an activating group) is 1. The van der Waals surface area contributed by atoms with E-state index in [1.165, 1.54) is 0 Å². The average molecular weight is 584 g/mol. The fraction of sp³-hybridized carbons (Fsp3) is 0.522. The average Bonchev–Trinajstić information content (AvgIpc) is 3.07. The molecule has 11 nitrogen and oxygen atoms in total. The summed E-state index contributed by atoms with van der Waals surface area (Å²) in [6.07, 6.45) is -10.2. The Morgan fingerprint density at radius 3 is 1.93 bits per heavy atom. The summed E-state index contributed by atoms with van der Waals surface area (Å²) in [5, 5.41) is 32.7. The Bertz CT molecular complexity index is 1080. The van der Waals surface area contributed by atoms with Gasteiger partial charge in [-0.15, -0.1) is 0 Å². The van der Waals surface area contributed by atoms with Crippen LogP contribution in [0.25, 0.3) is 0 Å². The van der Waals surface area contributed by atoms with Crippen LogP contribution < -0.4 is 0 Å². The fourth-order valence-corrected chi connectivity index (χ4v) is 3.83. The van der Waals surface area contributed by atoms with Crippen molar-refractivity contribution in [2.45, 2.75) is 25.3 Å². The van der Waals surface area contributed by atoms with Crippen molar-refractivity contribution in [3.63, 3.8) is 0 Å². The zero-order valence-corrected chi connectivity index (χ0v) is 20.9. The van der Waals surface area contributed by atoms with Gasteiger partial charge in [-0.1, -0.05) is 13.0 Å². The smallest absolute Gasteiger partial charge is 0.481 e. The van der Waals surface area contributed by atoms with E-state index >= 15 is 0 Å². The standard InChI is InChI=1S/C19H24N4O3.2C2HF3O2/c1-2-21-10-16(19(25)26)11-22-6-7-23(13-17(22)12-21)18(24)15-5-3-4-14(8-15)9-20;2*3-2(4,5)1(6)7/h3-5,8,16-17H,2,6-7,10-13H2,1H3,(H,25,26);2*(H,6,7). The van der Waals surface area contributed by atoms with Gasteiger partial charge in [-0.3, -0.25) is 14.5 Å². The molecule has 40 heavy (non-hydrogen) atoms. The molecule has 1 aromatic carbocycles. The fourth-order valence-electron chi connectivity index (χ4n) is 3.83. The number of alkyl halides is 6. The molecule has 2 fully saturated rings. The molecule has 2 atom stereocenters. The number of carbonyl (C=O) groups excluding carboxylic acids is 1. The van der Waals surface area contributed by atoms with Crippen molar-refractivity contribution in [2.24, 2.45) is 5.92 Å². The number of nitriles is 1. The molecular formula is C23H26F6N4O7. The molecule has 1 amide bonds. The van der Waals surface area contributed by atoms with Crippen LogP contribution in [0.2, 0.25) is 0 Å². The van der Waals surface area contributed by atoms with Crippen molar-refractivity contribution in [3.8, 4) is 6.07 Å². The molecule has 3 rings (SSSR count). The Hall–Kier alpha value is -3.91. The Balaban J connectivity index is 0.000000473. The maximum atomic E-state index is 12.8. The van der Waals surface area contributed by atoms with E-state index < -0.39 is 36.2 Å². The molecule has 0 saturated carbocycles. The van der Waals surface area contributed by atoms with Gasteiger partial charge < -0.3 is 25.1 Å². The summed E-state index contributed by atoms with van der Waals surface area (Å²) in [6, 6.07) is 8.98. The van der Waals surface area contributed by atoms with E-state index in [9.17, 15) is 41.0 Å². The molecule has 2 saturated heterocycles. The molecular weight excluding hydrogens is 558 g/mol. The van der Waals surface area contributed by atoms with E-state index in [0.717, 1.165) is 13.1 Å². The first kappa shape index (κ1) is 34.1. The highest BCUT2D eigenvalue weighted by molar-refractivity contribution is 5.94. The van der Waals surface area contributed by atoms with Crippen LogP contribution in [0.1, 0.15) is 22.8 Å². The van der Waals surface area contributed by atoms with Gasteiger partial charge in [0.05, 0.1) is 17.6 Å². The van der Waals surface area contributed by atoms with Crippen LogP contribution in [0.3, 0.4) is 0 Å². The zero-order chi connectivity index (χ0) is 30.8. The summed E-state index contributed by atoms with van der Waals surface area (Å²) < 4.78 is 63.5. The van der Waals surface area contributed by atoms with E-state index in [1.54, 1.807) is 24.3 Å². The van der Waals surface area contributed by atoms with Gasteiger partial charge in [0.1, 0.15) is 0 Å². The van der Waals surface area contributed by atoms with Crippen molar-refractivity contribution < 1.29 is 60.8 Å². The second-order valence-corrected chi connectivity index (χ2v) is 8.59. The molecule has 0 bridgehead atoms. The molecule has 0 aromatic heterocycles. The minimum absolute atomic E-state index is 0.0659. The molecule has 17 heteroatoms. The SMILES string of the molecule is CCN1CC(C(=O)O)CN2CCN(C(=O)c3cccc(C#N)c3)CC2C1.O=C(O)C(F)(F)F.O=C(O)C(F)(F)F. The number of benzene rings is 1. The molecule has 0 radical (unpaired) electrons. The van der Waals surface area contributed by atoms with Crippen LogP contribution in [-0.4, -0.2) is 118 Å². The van der Waals surface area contributed by atoms with Gasteiger partial charge in [-0.05, 0) is 24.7 Å². The summed E-state index contributed by atoms with van der Waals surface area (Å²) in [5.74, 6) is -6.73. The number of halogens is 6. The zero-order valence-electron chi connectivity index (χ0n) is 20.9. The normalized spacial score (nSPS) is 19.8. The Morgan fingerprint density at radius 2 is 1.48 bits per heavy atom. The molecule has 2 aliphatic heterocycles. The molecule has 2 heterocycles. The van der Waals surface area contributed by atoms with Gasteiger partial charge in [0, 0.05) is 50.9 Å². The lowest BCUT2D eigenvalue weighted by atomic mass is 10.1. The summed E-state index contributed by atoms with van der Waals surface area (Å²) in [7, 11) is 0. The van der Waals surface area contributed by atoms with Crippen LogP contribution in [0.15, 0.2) is 24.3 Å². The molecule has 3 N–H and O–H groups in total. The Kier molecular flexibility index (Phi) is 12.3. The monoisotopic (exact) mass is 584 g/mol. The minimum atomic E-state index is -5.08. The first-order valence-electron chi connectivity index (χ1n) is 11.5. The van der Waals surface area contributed by atoms with Gasteiger partial charge in [-0.2, -0.15) is 31.6 Å². The summed E-state index contributed by atoms with van der Waals surface area (Å²) in [6.45, 7) is 6.51. The molecule has 1 aromatic rings. The number of carboxylic acids is 3. The molecule has 2 unspecified atom stereocenters. The number of amides is 1. The third-order valence-corrected chi connectivity index (χ3v) is 5.81. The summed E-state index contributed by atoms with van der Waals surface area (Å²) in [5.41, 5.74) is 1.01. The van der Waals surface area contributed by atoms with Crippen LogP contribution >= 0.6 is 0 Å². The predicted molar refractivity (Wildman–Crippen MR) is 123 cm³/mol. The van der Waals surface area contributed by atoms with Crippen molar-refractivity contribution in [2.75, 3.05) is 45.8 Å². The van der Waals surface area contributed by atoms with E-state index in [4.69, 9.17) is 25.1 Å². The third-order valence-electron chi connectivity index (χ3n) is 5.81. The second kappa shape index (κ2) is 14.5. The number of rotatable bonds is 3. The lowest BCUT2D eigenvalue weighted by Crippen LogP contribution is -2.57. The maximum absolute atomic E-state index is 12.8. The van der Waals surface area contributed by atoms with Crippen LogP contribution in [-0.2, 0) is 14.4 Å². The van der Waals surface area contributed by atoms with Crippen molar-refractivity contribution >= 4 is 23.8 Å². The number of piperazine rings is 1. The number of hydrogen-bond donors (Lipinski definition) is 3. The number of carbonyl (C=O) groups is 4. The minimum Gasteiger partial charge on any atom is -0.481 e. The van der Waals surface area contributed by atoms with Crippen molar-refractivity contribution in [3.05, 3.63) is 35.4 Å². The molecule has 0 aliphatic carbocycles. The number of fused-ring (bicyclic) bond motifs is 1. The predicted octanol–water partition coefficient (Wildman–Crippen LogP) is 1.99. The quantitative estimate of drug-likeness (QED) is 0.448. The number of aliphatic carboxylic acids is 3. The Morgan fingerprint density at radius 1 is 0.925 bits per heavy atom. The lowest BCUT2D eigenvalue weighted by molar-refractivity contribution is -0.193. The van der Waals surface area contributed by atoms with E-state index in [0.29, 0.717) is 43.9 Å². The Labute approximate surface area is 223 Å². The van der Waals surface area contributed by atoms with E-state index in [1.807, 2.05) is 11.8 Å². The van der Waals surface area contributed by atoms with Gasteiger partial charge in [0.2, 0.25) is 0 Å². The summed E-state index contributed by atoms with van der Waals surface area (Å²) >= 11 is 0. The van der Waals surface area contributed by atoms with Crippen LogP contribution in [0.5, 0.6) is 0 Å². The second-order valence-electron chi connectivity index (χ2n) is 8.59. The van der Waals surface area contributed by atoms with Gasteiger partial charge in [-0.25, -0.2) is 9.59 Å². The van der Waals surface area contributed by atoms with Gasteiger partial charge in [0.15, 0.2) is 0 Å². The van der Waals surface area contributed by atoms with Crippen LogP contribution in [0, 0.1) is 17.2 Å². The van der Waals surface area contributed by atoms with E-state index in [2.05, 4.69) is 15.9 Å². The highest BCUT2D eigenvalue weighted by Gasteiger charge is 2.39. The van der Waals surface area contributed by atoms with Crippen LogP contribution in [0.4, 0.5) is 26.3 Å². The molecule has 0 spiro atoms. The van der Waals surface area contributed by atoms with Gasteiger partial charge in [0.25, 0.3) is 5.91 Å². The van der Waals surface area contributed by atoms with Crippen molar-refractivity contribution in [1.29, 1.82) is 5.26 Å². The van der Waals surface area contributed by atoms with Crippen molar-refractivity contribution in [1.82, 2.24) is 14.7 Å². The first-order valence-corrected chi connectivity index (χ1v) is 11.5. The van der Waals surface area contributed by atoms with Gasteiger partial charge >= 0.3 is 30.3 Å².